The normalized spacial score (nSPS) is 11.1. The predicted molar refractivity (Wildman–Crippen MR) is 195 cm³/mol. The predicted octanol–water partition coefficient (Wildman–Crippen LogP) is 11.5. The van der Waals surface area contributed by atoms with Crippen molar-refractivity contribution in [2.45, 2.75) is 0 Å². The van der Waals surface area contributed by atoms with Gasteiger partial charge in [0, 0.05) is 34.5 Å². The van der Waals surface area contributed by atoms with Crippen molar-refractivity contribution in [1.29, 1.82) is 0 Å². The van der Waals surface area contributed by atoms with Gasteiger partial charge in [0.25, 0.3) is 0 Å². The van der Waals surface area contributed by atoms with Crippen LogP contribution in [0.15, 0.2) is 176 Å². The minimum atomic E-state index is 0.576. The Morgan fingerprint density at radius 1 is 0.447 bits per heavy atom. The van der Waals surface area contributed by atoms with Gasteiger partial charge in [-0.2, -0.15) is 0 Å². The molecule has 0 spiro atoms. The Bertz CT molecular complexity index is 2180. The number of pyridine rings is 1. The van der Waals surface area contributed by atoms with Gasteiger partial charge in [0.2, 0.25) is 0 Å². The van der Waals surface area contributed by atoms with E-state index in [4.69, 9.17) is 16.6 Å². The lowest BCUT2D eigenvalue weighted by molar-refractivity contribution is 1.08. The van der Waals surface area contributed by atoms with Gasteiger partial charge in [-0.1, -0.05) is 115 Å². The number of aromatic nitrogens is 3. The van der Waals surface area contributed by atoms with Crippen molar-refractivity contribution in [2.75, 3.05) is 4.90 Å². The molecule has 0 saturated carbocycles. The van der Waals surface area contributed by atoms with Gasteiger partial charge >= 0.3 is 0 Å². The summed E-state index contributed by atoms with van der Waals surface area (Å²) < 4.78 is 2.07. The third-order valence-electron chi connectivity index (χ3n) is 8.36. The Labute approximate surface area is 278 Å². The third-order valence-corrected chi connectivity index (χ3v) is 8.67. The number of para-hydroxylation sites is 1. The van der Waals surface area contributed by atoms with Crippen molar-refractivity contribution < 1.29 is 0 Å². The molecule has 6 aromatic carbocycles. The summed E-state index contributed by atoms with van der Waals surface area (Å²) in [7, 11) is 0. The minimum Gasteiger partial charge on any atom is -0.311 e. The molecule has 0 amide bonds. The van der Waals surface area contributed by atoms with Crippen LogP contribution in [0.5, 0.6) is 0 Å². The van der Waals surface area contributed by atoms with E-state index in [1.807, 2.05) is 30.3 Å². The van der Waals surface area contributed by atoms with Crippen molar-refractivity contribution in [3.63, 3.8) is 0 Å². The molecular formula is C42H29ClN4. The molecule has 4 nitrogen and oxygen atoms in total. The van der Waals surface area contributed by atoms with Crippen LogP contribution in [0.4, 0.5) is 17.1 Å². The fourth-order valence-electron chi connectivity index (χ4n) is 6.03. The van der Waals surface area contributed by atoms with Crippen LogP contribution in [0, 0.1) is 0 Å². The van der Waals surface area contributed by atoms with Crippen molar-refractivity contribution in [3.8, 4) is 39.3 Å². The second-order valence-electron chi connectivity index (χ2n) is 11.3. The quantitative estimate of drug-likeness (QED) is 0.177. The van der Waals surface area contributed by atoms with E-state index < -0.39 is 0 Å². The van der Waals surface area contributed by atoms with Crippen molar-refractivity contribution >= 4 is 39.8 Å². The van der Waals surface area contributed by atoms with Gasteiger partial charge in [0.05, 0.1) is 5.02 Å². The molecule has 0 bridgehead atoms. The topological polar surface area (TPSA) is 34.0 Å². The number of rotatable bonds is 7. The summed E-state index contributed by atoms with van der Waals surface area (Å²) in [5, 5.41) is 0.576. The van der Waals surface area contributed by atoms with Gasteiger partial charge in [-0.15, -0.1) is 0 Å². The van der Waals surface area contributed by atoms with Crippen LogP contribution in [-0.2, 0) is 0 Å². The van der Waals surface area contributed by atoms with Gasteiger partial charge in [-0.25, -0.2) is 9.97 Å². The highest BCUT2D eigenvalue weighted by atomic mass is 35.5. The zero-order chi connectivity index (χ0) is 31.6. The average Bonchev–Trinajstić information content (AvgIpc) is 3.55. The van der Waals surface area contributed by atoms with Crippen molar-refractivity contribution in [2.24, 2.45) is 0 Å². The van der Waals surface area contributed by atoms with Crippen LogP contribution < -0.4 is 4.90 Å². The maximum absolute atomic E-state index is 6.60. The summed E-state index contributed by atoms with van der Waals surface area (Å²) in [6.45, 7) is 0. The van der Waals surface area contributed by atoms with Gasteiger partial charge < -0.3 is 4.90 Å². The summed E-state index contributed by atoms with van der Waals surface area (Å²) >= 11 is 6.60. The molecule has 0 aliphatic heterocycles. The van der Waals surface area contributed by atoms with E-state index in [9.17, 15) is 0 Å². The molecule has 0 fully saturated rings. The molecule has 8 rings (SSSR count). The molecule has 0 aliphatic carbocycles. The number of anilines is 3. The number of imidazole rings is 1. The molecule has 0 unspecified atom stereocenters. The van der Waals surface area contributed by atoms with Gasteiger partial charge in [-0.3, -0.25) is 4.57 Å². The number of nitrogens with zero attached hydrogens (tertiary/aromatic N) is 4. The van der Waals surface area contributed by atoms with E-state index in [2.05, 4.69) is 148 Å². The largest absolute Gasteiger partial charge is 0.311 e. The Balaban J connectivity index is 1.21. The number of hydrogen-bond acceptors (Lipinski definition) is 3. The molecule has 2 heterocycles. The third kappa shape index (κ3) is 5.56. The lowest BCUT2D eigenvalue weighted by Gasteiger charge is -2.26. The lowest BCUT2D eigenvalue weighted by Crippen LogP contribution is -2.10. The number of hydrogen-bond donors (Lipinski definition) is 0. The average molecular weight is 625 g/mol. The smallest absolute Gasteiger partial charge is 0.166 e. The van der Waals surface area contributed by atoms with Crippen LogP contribution >= 0.6 is 11.6 Å². The number of halogens is 1. The second kappa shape index (κ2) is 12.4. The molecule has 0 N–H and O–H groups in total. The number of benzene rings is 6. The molecule has 2 aromatic heterocycles. The lowest BCUT2D eigenvalue weighted by atomic mass is 10.0. The first-order valence-corrected chi connectivity index (χ1v) is 15.9. The first-order chi connectivity index (χ1) is 23.2. The van der Waals surface area contributed by atoms with E-state index in [0.29, 0.717) is 10.5 Å². The Kier molecular flexibility index (Phi) is 7.54. The van der Waals surface area contributed by atoms with E-state index in [0.717, 1.165) is 39.8 Å². The fraction of sp³-hybridized carbons (Fsp3) is 0. The summed E-state index contributed by atoms with van der Waals surface area (Å²) in [5.41, 5.74) is 11.2. The number of fused-ring (bicyclic) bond motifs is 1. The molecule has 8 aromatic rings. The van der Waals surface area contributed by atoms with E-state index in [1.54, 1.807) is 12.3 Å². The van der Waals surface area contributed by atoms with Crippen LogP contribution in [-0.4, -0.2) is 14.5 Å². The van der Waals surface area contributed by atoms with Crippen molar-refractivity contribution in [1.82, 2.24) is 14.5 Å². The van der Waals surface area contributed by atoms with Gasteiger partial charge in [0.1, 0.15) is 11.3 Å². The highest BCUT2D eigenvalue weighted by molar-refractivity contribution is 6.34. The van der Waals surface area contributed by atoms with E-state index in [-0.39, 0.29) is 0 Å². The Hall–Kier alpha value is -5.97. The monoisotopic (exact) mass is 624 g/mol. The highest BCUT2D eigenvalue weighted by Gasteiger charge is 2.19. The Morgan fingerprint density at radius 2 is 0.872 bits per heavy atom. The first kappa shape index (κ1) is 28.5. The molecule has 0 radical (unpaired) electrons. The van der Waals surface area contributed by atoms with E-state index >= 15 is 0 Å². The molecule has 0 aliphatic rings. The summed E-state index contributed by atoms with van der Waals surface area (Å²) in [5.74, 6) is 0.782. The second-order valence-corrected chi connectivity index (χ2v) is 11.7. The van der Waals surface area contributed by atoms with Crippen LogP contribution in [0.3, 0.4) is 0 Å². The fourth-order valence-corrected chi connectivity index (χ4v) is 6.22. The SMILES string of the molecule is Clc1ccnc2c1nc(-c1ccc(N(c3ccc(-c4ccccc4)cc3)c3ccc(-c4ccccc4)cc3)cc1)n2-c1ccccc1. The maximum atomic E-state index is 6.60. The molecule has 224 valence electrons. The molecular weight excluding hydrogens is 596 g/mol. The zero-order valence-electron chi connectivity index (χ0n) is 25.4. The summed E-state index contributed by atoms with van der Waals surface area (Å²) in [6, 6.07) is 58.9. The molecule has 5 heteroatoms. The molecule has 0 saturated heterocycles. The molecule has 47 heavy (non-hydrogen) atoms. The van der Waals surface area contributed by atoms with Crippen molar-refractivity contribution in [3.05, 3.63) is 181 Å². The first-order valence-electron chi connectivity index (χ1n) is 15.5. The van der Waals surface area contributed by atoms with E-state index in [1.165, 1.54) is 22.3 Å². The minimum absolute atomic E-state index is 0.576. The zero-order valence-corrected chi connectivity index (χ0v) is 26.2. The Morgan fingerprint density at radius 3 is 1.36 bits per heavy atom. The van der Waals surface area contributed by atoms with Crippen LogP contribution in [0.25, 0.3) is 50.5 Å². The van der Waals surface area contributed by atoms with Gasteiger partial charge in [-0.05, 0) is 89.0 Å². The molecule has 0 atom stereocenters. The summed E-state index contributed by atoms with van der Waals surface area (Å²) in [6.07, 6.45) is 1.72. The standard InChI is InChI=1S/C42H29ClN4/c43-39-28-29-44-42-40(39)45-41(47(42)35-14-8-3-9-15-35)34-20-26-38(27-21-34)46(36-22-16-32(17-23-36)30-10-4-1-5-11-30)37-24-18-33(19-25-37)31-12-6-2-7-13-31/h1-29H. The van der Waals surface area contributed by atoms with Crippen LogP contribution in [0.2, 0.25) is 5.02 Å². The highest BCUT2D eigenvalue weighted by Crippen LogP contribution is 2.38. The van der Waals surface area contributed by atoms with Crippen LogP contribution in [0.1, 0.15) is 0 Å². The van der Waals surface area contributed by atoms with Gasteiger partial charge in [0.15, 0.2) is 5.65 Å². The summed E-state index contributed by atoms with van der Waals surface area (Å²) in [4.78, 5) is 11.9. The maximum Gasteiger partial charge on any atom is 0.166 e.